The van der Waals surface area contributed by atoms with Crippen molar-refractivity contribution in [2.75, 3.05) is 0 Å². The second kappa shape index (κ2) is 3.21. The Bertz CT molecular complexity index is 210. The molecular weight excluding hydrogens is 172 g/mol. The van der Waals surface area contributed by atoms with Crippen molar-refractivity contribution in [1.82, 2.24) is 4.90 Å². The van der Waals surface area contributed by atoms with E-state index in [1.807, 2.05) is 0 Å². The molecule has 0 aromatic heterocycles. The third-order valence-electron chi connectivity index (χ3n) is 4.60. The van der Waals surface area contributed by atoms with Gasteiger partial charge in [0.2, 0.25) is 0 Å². The predicted octanol–water partition coefficient (Wildman–Crippen LogP) is 1.74. The SMILES string of the molecule is CC(C1CC1)N1C2CCC1CC(N)C2. The zero-order valence-corrected chi connectivity index (χ0v) is 9.15. The van der Waals surface area contributed by atoms with E-state index in [0.29, 0.717) is 6.04 Å². The van der Waals surface area contributed by atoms with Crippen molar-refractivity contribution in [2.24, 2.45) is 11.7 Å². The van der Waals surface area contributed by atoms with Gasteiger partial charge in [0.1, 0.15) is 0 Å². The van der Waals surface area contributed by atoms with Gasteiger partial charge >= 0.3 is 0 Å². The third kappa shape index (κ3) is 1.40. The first-order chi connectivity index (χ1) is 6.75. The summed E-state index contributed by atoms with van der Waals surface area (Å²) in [6.07, 6.45) is 8.29. The number of fused-ring (bicyclic) bond motifs is 2. The Hall–Kier alpha value is -0.0800. The highest BCUT2D eigenvalue weighted by molar-refractivity contribution is 5.01. The number of piperidine rings is 1. The Kier molecular flexibility index (Phi) is 2.10. The first-order valence-electron chi connectivity index (χ1n) is 6.28. The minimum absolute atomic E-state index is 0.496. The molecule has 3 fully saturated rings. The van der Waals surface area contributed by atoms with Crippen LogP contribution in [0.25, 0.3) is 0 Å². The molecule has 3 rings (SSSR count). The van der Waals surface area contributed by atoms with Crippen molar-refractivity contribution in [3.8, 4) is 0 Å². The van der Waals surface area contributed by atoms with Gasteiger partial charge in [0.25, 0.3) is 0 Å². The molecule has 2 bridgehead atoms. The van der Waals surface area contributed by atoms with Crippen LogP contribution in [0.15, 0.2) is 0 Å². The minimum Gasteiger partial charge on any atom is -0.328 e. The summed E-state index contributed by atoms with van der Waals surface area (Å²) in [6, 6.07) is 3.01. The van der Waals surface area contributed by atoms with E-state index < -0.39 is 0 Å². The van der Waals surface area contributed by atoms with Crippen molar-refractivity contribution in [3.05, 3.63) is 0 Å². The fraction of sp³-hybridized carbons (Fsp3) is 1.00. The largest absolute Gasteiger partial charge is 0.328 e. The monoisotopic (exact) mass is 194 g/mol. The Morgan fingerprint density at radius 3 is 2.14 bits per heavy atom. The molecule has 3 atom stereocenters. The average Bonchev–Trinajstić information content (AvgIpc) is 2.92. The van der Waals surface area contributed by atoms with Gasteiger partial charge < -0.3 is 5.73 Å². The van der Waals surface area contributed by atoms with Crippen molar-refractivity contribution in [2.45, 2.75) is 69.6 Å². The van der Waals surface area contributed by atoms with Crippen LogP contribution in [0, 0.1) is 5.92 Å². The summed E-state index contributed by atoms with van der Waals surface area (Å²) in [5.41, 5.74) is 6.08. The van der Waals surface area contributed by atoms with Crippen LogP contribution in [0.4, 0.5) is 0 Å². The Balaban J connectivity index is 1.73. The van der Waals surface area contributed by atoms with E-state index >= 15 is 0 Å². The highest BCUT2D eigenvalue weighted by Gasteiger charge is 2.45. The Labute approximate surface area is 86.8 Å². The summed E-state index contributed by atoms with van der Waals surface area (Å²) in [5.74, 6) is 1.02. The van der Waals surface area contributed by atoms with Gasteiger partial charge in [-0.25, -0.2) is 0 Å². The zero-order valence-electron chi connectivity index (χ0n) is 9.15. The van der Waals surface area contributed by atoms with E-state index in [2.05, 4.69) is 11.8 Å². The maximum absolute atomic E-state index is 6.08. The van der Waals surface area contributed by atoms with Crippen LogP contribution >= 0.6 is 0 Å². The van der Waals surface area contributed by atoms with Gasteiger partial charge in [-0.15, -0.1) is 0 Å². The standard InChI is InChI=1S/C12H22N2/c1-8(9-2-3-9)14-11-4-5-12(14)7-10(13)6-11/h8-12H,2-7,13H2,1H3. The molecular formula is C12H22N2. The second-order valence-corrected chi connectivity index (χ2v) is 5.64. The van der Waals surface area contributed by atoms with E-state index in [1.165, 1.54) is 38.5 Å². The molecule has 2 nitrogen and oxygen atoms in total. The van der Waals surface area contributed by atoms with Crippen LogP contribution in [-0.2, 0) is 0 Å². The summed E-state index contributed by atoms with van der Waals surface area (Å²) >= 11 is 0. The van der Waals surface area contributed by atoms with Crippen molar-refractivity contribution in [3.63, 3.8) is 0 Å². The second-order valence-electron chi connectivity index (χ2n) is 5.64. The molecule has 3 aliphatic rings. The van der Waals surface area contributed by atoms with E-state index in [9.17, 15) is 0 Å². The molecule has 0 radical (unpaired) electrons. The van der Waals surface area contributed by atoms with Crippen LogP contribution in [0.1, 0.15) is 45.4 Å². The fourth-order valence-electron chi connectivity index (χ4n) is 3.74. The summed E-state index contributed by atoms with van der Waals surface area (Å²) in [7, 11) is 0. The van der Waals surface area contributed by atoms with E-state index in [-0.39, 0.29) is 0 Å². The predicted molar refractivity (Wildman–Crippen MR) is 58.0 cm³/mol. The molecule has 3 unspecified atom stereocenters. The van der Waals surface area contributed by atoms with Crippen LogP contribution in [0.2, 0.25) is 0 Å². The van der Waals surface area contributed by atoms with Crippen molar-refractivity contribution >= 4 is 0 Å². The number of hydrogen-bond acceptors (Lipinski definition) is 2. The molecule has 2 saturated heterocycles. The highest BCUT2D eigenvalue weighted by Crippen LogP contribution is 2.43. The zero-order chi connectivity index (χ0) is 9.71. The molecule has 0 amide bonds. The quantitative estimate of drug-likeness (QED) is 0.725. The number of nitrogens with zero attached hydrogens (tertiary/aromatic N) is 1. The van der Waals surface area contributed by atoms with Gasteiger partial charge in [-0.2, -0.15) is 0 Å². The van der Waals surface area contributed by atoms with Crippen LogP contribution < -0.4 is 5.73 Å². The van der Waals surface area contributed by atoms with Crippen molar-refractivity contribution < 1.29 is 0 Å². The summed E-state index contributed by atoms with van der Waals surface area (Å²) in [4.78, 5) is 2.82. The van der Waals surface area contributed by atoms with E-state index in [1.54, 1.807) is 0 Å². The van der Waals surface area contributed by atoms with Crippen molar-refractivity contribution in [1.29, 1.82) is 0 Å². The maximum atomic E-state index is 6.08. The van der Waals surface area contributed by atoms with Gasteiger partial charge in [-0.1, -0.05) is 0 Å². The van der Waals surface area contributed by atoms with Crippen LogP contribution in [-0.4, -0.2) is 29.1 Å². The first-order valence-corrected chi connectivity index (χ1v) is 6.28. The van der Waals surface area contributed by atoms with Gasteiger partial charge in [-0.3, -0.25) is 4.90 Å². The maximum Gasteiger partial charge on any atom is 0.0116 e. The molecule has 1 saturated carbocycles. The first kappa shape index (κ1) is 9.17. The smallest absolute Gasteiger partial charge is 0.0116 e. The summed E-state index contributed by atoms with van der Waals surface area (Å²) < 4.78 is 0. The summed E-state index contributed by atoms with van der Waals surface area (Å²) in [5, 5.41) is 0. The minimum atomic E-state index is 0.496. The lowest BCUT2D eigenvalue weighted by Gasteiger charge is -2.41. The molecule has 0 aromatic rings. The molecule has 2 heteroatoms. The highest BCUT2D eigenvalue weighted by atomic mass is 15.3. The normalized spacial score (nSPS) is 45.4. The molecule has 80 valence electrons. The van der Waals surface area contributed by atoms with E-state index in [0.717, 1.165) is 24.0 Å². The topological polar surface area (TPSA) is 29.3 Å². The number of nitrogens with two attached hydrogens (primary N) is 1. The fourth-order valence-corrected chi connectivity index (χ4v) is 3.74. The lowest BCUT2D eigenvalue weighted by Crippen LogP contribution is -2.51. The Morgan fingerprint density at radius 1 is 1.07 bits per heavy atom. The molecule has 2 N–H and O–H groups in total. The average molecular weight is 194 g/mol. The van der Waals surface area contributed by atoms with E-state index in [4.69, 9.17) is 5.73 Å². The van der Waals surface area contributed by atoms with Crippen LogP contribution in [0.5, 0.6) is 0 Å². The third-order valence-corrected chi connectivity index (χ3v) is 4.60. The molecule has 0 aromatic carbocycles. The molecule has 2 heterocycles. The molecule has 2 aliphatic heterocycles. The number of hydrogen-bond donors (Lipinski definition) is 1. The van der Waals surface area contributed by atoms with Crippen LogP contribution in [0.3, 0.4) is 0 Å². The van der Waals surface area contributed by atoms with Gasteiger partial charge in [0.05, 0.1) is 0 Å². The van der Waals surface area contributed by atoms with Gasteiger partial charge in [0.15, 0.2) is 0 Å². The lowest BCUT2D eigenvalue weighted by atomic mass is 9.95. The molecule has 14 heavy (non-hydrogen) atoms. The molecule has 0 spiro atoms. The van der Waals surface area contributed by atoms with Gasteiger partial charge in [-0.05, 0) is 51.4 Å². The molecule has 1 aliphatic carbocycles. The Morgan fingerprint density at radius 2 is 1.64 bits per heavy atom. The van der Waals surface area contributed by atoms with Gasteiger partial charge in [0, 0.05) is 24.2 Å². The lowest BCUT2D eigenvalue weighted by molar-refractivity contribution is 0.0751. The number of rotatable bonds is 2. The summed E-state index contributed by atoms with van der Waals surface area (Å²) in [6.45, 7) is 2.44.